The second-order valence-corrected chi connectivity index (χ2v) is 5.49. The fraction of sp³-hybridized carbons (Fsp3) is 0.667. The van der Waals surface area contributed by atoms with Crippen molar-refractivity contribution in [3.05, 3.63) is 5.01 Å². The average molecular weight is 242 g/mol. The summed E-state index contributed by atoms with van der Waals surface area (Å²) in [5.41, 5.74) is 0. The molecule has 15 heavy (non-hydrogen) atoms. The zero-order valence-corrected chi connectivity index (χ0v) is 10.5. The van der Waals surface area contributed by atoms with E-state index in [1.165, 1.54) is 0 Å². The van der Waals surface area contributed by atoms with Crippen LogP contribution in [0, 0.1) is 18.3 Å². The van der Waals surface area contributed by atoms with Gasteiger partial charge >= 0.3 is 0 Å². The molecule has 4 nitrogen and oxygen atoms in total. The molecule has 0 aromatic carbocycles. The summed E-state index contributed by atoms with van der Waals surface area (Å²) in [6.07, 6.45) is 0.841. The fourth-order valence-electron chi connectivity index (χ4n) is 1.06. The van der Waals surface area contributed by atoms with Gasteiger partial charge in [-0.3, -0.25) is 0 Å². The quantitative estimate of drug-likeness (QED) is 0.771. The number of nitrogens with zero attached hydrogens (tertiary/aromatic N) is 3. The lowest BCUT2D eigenvalue weighted by atomic mass is 10.2. The van der Waals surface area contributed by atoms with Crippen LogP contribution >= 0.6 is 23.1 Å². The normalized spacial score (nSPS) is 12.3. The van der Waals surface area contributed by atoms with Crippen LogP contribution in [-0.4, -0.2) is 28.5 Å². The largest absolute Gasteiger partial charge is 0.302 e. The lowest BCUT2D eigenvalue weighted by molar-refractivity contribution is 0.613. The highest BCUT2D eigenvalue weighted by Crippen LogP contribution is 2.22. The zero-order valence-electron chi connectivity index (χ0n) is 8.86. The number of rotatable bonds is 6. The molecule has 0 aliphatic rings. The predicted octanol–water partition coefficient (Wildman–Crippen LogP) is 1.83. The van der Waals surface area contributed by atoms with Crippen LogP contribution < -0.4 is 5.32 Å². The van der Waals surface area contributed by atoms with E-state index in [-0.39, 0.29) is 6.04 Å². The van der Waals surface area contributed by atoms with E-state index in [0.29, 0.717) is 0 Å². The van der Waals surface area contributed by atoms with Crippen LogP contribution in [-0.2, 0) is 0 Å². The SMILES string of the molecule is CCNC(C#N)CCSc1nnc(C)s1. The minimum absolute atomic E-state index is 0.0449. The molecule has 1 atom stereocenters. The summed E-state index contributed by atoms with van der Waals surface area (Å²) in [6.45, 7) is 4.78. The molecular weight excluding hydrogens is 228 g/mol. The summed E-state index contributed by atoms with van der Waals surface area (Å²) in [6, 6.07) is 2.19. The molecular formula is C9H14N4S2. The maximum atomic E-state index is 8.81. The van der Waals surface area contributed by atoms with Gasteiger partial charge in [0.2, 0.25) is 0 Å². The molecule has 0 bridgehead atoms. The maximum absolute atomic E-state index is 8.81. The molecule has 1 unspecified atom stereocenters. The van der Waals surface area contributed by atoms with Crippen molar-refractivity contribution >= 4 is 23.1 Å². The second kappa shape index (κ2) is 6.77. The lowest BCUT2D eigenvalue weighted by Gasteiger charge is -2.07. The van der Waals surface area contributed by atoms with Crippen molar-refractivity contribution in [3.8, 4) is 6.07 Å². The van der Waals surface area contributed by atoms with Gasteiger partial charge in [-0.15, -0.1) is 10.2 Å². The third-order valence-corrected chi connectivity index (χ3v) is 3.75. The number of nitriles is 1. The van der Waals surface area contributed by atoms with Gasteiger partial charge in [0.05, 0.1) is 12.1 Å². The molecule has 0 amide bonds. The number of hydrogen-bond donors (Lipinski definition) is 1. The topological polar surface area (TPSA) is 61.6 Å². The van der Waals surface area contributed by atoms with Crippen molar-refractivity contribution in [2.24, 2.45) is 0 Å². The van der Waals surface area contributed by atoms with Gasteiger partial charge in [-0.1, -0.05) is 30.0 Å². The average Bonchev–Trinajstić information content (AvgIpc) is 2.63. The maximum Gasteiger partial charge on any atom is 0.174 e. The van der Waals surface area contributed by atoms with E-state index in [4.69, 9.17) is 5.26 Å². The lowest BCUT2D eigenvalue weighted by Crippen LogP contribution is -2.27. The van der Waals surface area contributed by atoms with E-state index in [1.54, 1.807) is 23.1 Å². The molecule has 1 aromatic heterocycles. The smallest absolute Gasteiger partial charge is 0.174 e. The molecule has 0 spiro atoms. The summed E-state index contributed by atoms with van der Waals surface area (Å²) < 4.78 is 0.987. The van der Waals surface area contributed by atoms with Crippen molar-refractivity contribution < 1.29 is 0 Å². The summed E-state index contributed by atoms with van der Waals surface area (Å²) in [5.74, 6) is 0.903. The highest BCUT2D eigenvalue weighted by molar-refractivity contribution is 8.01. The Balaban J connectivity index is 2.24. The van der Waals surface area contributed by atoms with Crippen LogP contribution in [0.5, 0.6) is 0 Å². The molecule has 0 fully saturated rings. The van der Waals surface area contributed by atoms with Crippen molar-refractivity contribution in [1.82, 2.24) is 15.5 Å². The summed E-state index contributed by atoms with van der Waals surface area (Å²) in [4.78, 5) is 0. The Hall–Kier alpha value is -0.640. The number of aryl methyl sites for hydroxylation is 1. The van der Waals surface area contributed by atoms with E-state index in [1.807, 2.05) is 13.8 Å². The molecule has 6 heteroatoms. The number of aromatic nitrogens is 2. The van der Waals surface area contributed by atoms with Crippen molar-refractivity contribution in [3.63, 3.8) is 0 Å². The molecule has 1 N–H and O–H groups in total. The van der Waals surface area contributed by atoms with Crippen molar-refractivity contribution in [2.45, 2.75) is 30.6 Å². The van der Waals surface area contributed by atoms with Gasteiger partial charge in [-0.2, -0.15) is 5.26 Å². The molecule has 0 saturated heterocycles. The summed E-state index contributed by atoms with van der Waals surface area (Å²) >= 11 is 3.26. The highest BCUT2D eigenvalue weighted by atomic mass is 32.2. The third kappa shape index (κ3) is 4.60. The molecule has 0 aliphatic heterocycles. The Morgan fingerprint density at radius 1 is 1.60 bits per heavy atom. The first-order valence-electron chi connectivity index (χ1n) is 4.82. The van der Waals surface area contributed by atoms with E-state index >= 15 is 0 Å². The standard InChI is InChI=1S/C9H14N4S2/c1-3-11-8(6-10)4-5-14-9-13-12-7(2)15-9/h8,11H,3-5H2,1-2H3. The van der Waals surface area contributed by atoms with Crippen LogP contribution in [0.15, 0.2) is 4.34 Å². The zero-order chi connectivity index (χ0) is 11.1. The predicted molar refractivity (Wildman–Crippen MR) is 63.1 cm³/mol. The van der Waals surface area contributed by atoms with Gasteiger partial charge in [0.15, 0.2) is 4.34 Å². The van der Waals surface area contributed by atoms with E-state index in [0.717, 1.165) is 28.1 Å². The van der Waals surface area contributed by atoms with E-state index in [2.05, 4.69) is 21.6 Å². The van der Waals surface area contributed by atoms with Gasteiger partial charge in [0.1, 0.15) is 5.01 Å². The highest BCUT2D eigenvalue weighted by Gasteiger charge is 2.06. The van der Waals surface area contributed by atoms with Gasteiger partial charge in [-0.05, 0) is 19.9 Å². The van der Waals surface area contributed by atoms with E-state index < -0.39 is 0 Å². The van der Waals surface area contributed by atoms with Crippen LogP contribution in [0.4, 0.5) is 0 Å². The first kappa shape index (κ1) is 12.4. The van der Waals surface area contributed by atoms with Gasteiger partial charge < -0.3 is 5.32 Å². The molecule has 1 rings (SSSR count). The summed E-state index contributed by atoms with van der Waals surface area (Å²) in [7, 11) is 0. The third-order valence-electron chi connectivity index (χ3n) is 1.75. The number of thioether (sulfide) groups is 1. The molecule has 1 aromatic rings. The van der Waals surface area contributed by atoms with Crippen LogP contribution in [0.1, 0.15) is 18.4 Å². The monoisotopic (exact) mass is 242 g/mol. The molecule has 0 radical (unpaired) electrons. The minimum atomic E-state index is -0.0449. The van der Waals surface area contributed by atoms with Crippen LogP contribution in [0.25, 0.3) is 0 Å². The first-order chi connectivity index (χ1) is 7.26. The molecule has 1 heterocycles. The van der Waals surface area contributed by atoms with Crippen LogP contribution in [0.2, 0.25) is 0 Å². The molecule has 0 saturated carbocycles. The Bertz CT molecular complexity index is 331. The Labute approximate surface area is 98.1 Å². The fourth-order valence-corrected chi connectivity index (χ4v) is 2.95. The number of hydrogen-bond acceptors (Lipinski definition) is 6. The Kier molecular flexibility index (Phi) is 5.61. The minimum Gasteiger partial charge on any atom is -0.302 e. The van der Waals surface area contributed by atoms with Gasteiger partial charge in [0.25, 0.3) is 0 Å². The molecule has 0 aliphatic carbocycles. The Morgan fingerprint density at radius 2 is 2.40 bits per heavy atom. The first-order valence-corrected chi connectivity index (χ1v) is 6.62. The van der Waals surface area contributed by atoms with Gasteiger partial charge in [-0.25, -0.2) is 0 Å². The van der Waals surface area contributed by atoms with E-state index in [9.17, 15) is 0 Å². The molecule has 82 valence electrons. The van der Waals surface area contributed by atoms with Crippen molar-refractivity contribution in [1.29, 1.82) is 5.26 Å². The summed E-state index contributed by atoms with van der Waals surface area (Å²) in [5, 5.41) is 20.9. The van der Waals surface area contributed by atoms with Gasteiger partial charge in [0, 0.05) is 5.75 Å². The number of nitrogens with one attached hydrogen (secondary N) is 1. The second-order valence-electron chi connectivity index (χ2n) is 2.96. The van der Waals surface area contributed by atoms with Crippen molar-refractivity contribution in [2.75, 3.05) is 12.3 Å². The Morgan fingerprint density at radius 3 is 2.93 bits per heavy atom. The van der Waals surface area contributed by atoms with Crippen LogP contribution in [0.3, 0.4) is 0 Å².